The smallest absolute Gasteiger partial charge is 0.331 e. The maximum atomic E-state index is 11.2. The first-order valence-electron chi connectivity index (χ1n) is 4.39. The van der Waals surface area contributed by atoms with Gasteiger partial charge in [-0.3, -0.25) is 0 Å². The van der Waals surface area contributed by atoms with E-state index in [2.05, 4.69) is 16.6 Å². The fourth-order valence-electron chi connectivity index (χ4n) is 1.02. The number of hydrogen-bond donors (Lipinski definition) is 3. The standard InChI is InChI=1S/C10H10N2O3S/c1-2-5-11-10(15)12-8(9(13)14)7-4-3-6-16-7/h1,3-4,6,8H,5H2,(H,13,14)(H2,11,12,15). The van der Waals surface area contributed by atoms with Gasteiger partial charge in [0.25, 0.3) is 0 Å². The number of amides is 2. The second-order valence-electron chi connectivity index (χ2n) is 2.82. The Bertz CT molecular complexity index is 408. The van der Waals surface area contributed by atoms with Crippen molar-refractivity contribution in [3.05, 3.63) is 22.4 Å². The highest BCUT2D eigenvalue weighted by Crippen LogP contribution is 2.18. The average Bonchev–Trinajstić information content (AvgIpc) is 2.75. The Hall–Kier alpha value is -2.00. The number of carbonyl (C=O) groups is 2. The van der Waals surface area contributed by atoms with Crippen molar-refractivity contribution in [3.63, 3.8) is 0 Å². The summed E-state index contributed by atoms with van der Waals surface area (Å²) in [5, 5.41) is 15.3. The van der Waals surface area contributed by atoms with E-state index in [9.17, 15) is 9.59 Å². The van der Waals surface area contributed by atoms with Crippen molar-refractivity contribution in [2.75, 3.05) is 6.54 Å². The van der Waals surface area contributed by atoms with Crippen molar-refractivity contribution < 1.29 is 14.7 Å². The fraction of sp³-hybridized carbons (Fsp3) is 0.200. The van der Waals surface area contributed by atoms with E-state index in [1.807, 2.05) is 0 Å². The molecule has 0 spiro atoms. The van der Waals surface area contributed by atoms with Gasteiger partial charge in [-0.2, -0.15) is 0 Å². The minimum absolute atomic E-state index is 0.0581. The molecule has 1 heterocycles. The predicted molar refractivity (Wildman–Crippen MR) is 60.1 cm³/mol. The van der Waals surface area contributed by atoms with E-state index >= 15 is 0 Å². The Morgan fingerprint density at radius 3 is 2.88 bits per heavy atom. The Morgan fingerprint density at radius 2 is 2.38 bits per heavy atom. The lowest BCUT2D eigenvalue weighted by atomic mass is 10.2. The number of rotatable bonds is 4. The van der Waals surface area contributed by atoms with Gasteiger partial charge in [0.15, 0.2) is 6.04 Å². The molecule has 0 aliphatic heterocycles. The van der Waals surface area contributed by atoms with Crippen LogP contribution < -0.4 is 10.6 Å². The highest BCUT2D eigenvalue weighted by Gasteiger charge is 2.22. The molecular weight excluding hydrogens is 228 g/mol. The molecule has 0 fully saturated rings. The molecular formula is C10H10N2O3S. The summed E-state index contributed by atoms with van der Waals surface area (Å²) in [4.78, 5) is 22.7. The normalized spacial score (nSPS) is 11.2. The van der Waals surface area contributed by atoms with E-state index in [0.717, 1.165) is 0 Å². The molecule has 0 bridgehead atoms. The van der Waals surface area contributed by atoms with Crippen LogP contribution in [0.2, 0.25) is 0 Å². The Balaban J connectivity index is 2.64. The molecule has 0 saturated carbocycles. The lowest BCUT2D eigenvalue weighted by Crippen LogP contribution is -2.40. The van der Waals surface area contributed by atoms with Crippen LogP contribution in [0.25, 0.3) is 0 Å². The second kappa shape index (κ2) is 5.78. The highest BCUT2D eigenvalue weighted by molar-refractivity contribution is 7.10. The van der Waals surface area contributed by atoms with Gasteiger partial charge in [-0.25, -0.2) is 9.59 Å². The summed E-state index contributed by atoms with van der Waals surface area (Å²) < 4.78 is 0. The summed E-state index contributed by atoms with van der Waals surface area (Å²) in [5.41, 5.74) is 0. The van der Waals surface area contributed by atoms with Crippen LogP contribution >= 0.6 is 11.3 Å². The Labute approximate surface area is 96.5 Å². The van der Waals surface area contributed by atoms with Crippen LogP contribution in [0.4, 0.5) is 4.79 Å². The zero-order valence-corrected chi connectivity index (χ0v) is 9.08. The summed E-state index contributed by atoms with van der Waals surface area (Å²) >= 11 is 1.26. The van der Waals surface area contributed by atoms with Crippen molar-refractivity contribution in [2.24, 2.45) is 0 Å². The minimum atomic E-state index is -1.11. The zero-order valence-electron chi connectivity index (χ0n) is 8.27. The van der Waals surface area contributed by atoms with Gasteiger partial charge in [0, 0.05) is 4.88 Å². The monoisotopic (exact) mass is 238 g/mol. The molecule has 0 aromatic carbocycles. The third-order valence-corrected chi connectivity index (χ3v) is 2.64. The van der Waals surface area contributed by atoms with Crippen LogP contribution in [0, 0.1) is 12.3 Å². The SMILES string of the molecule is C#CCNC(=O)NC(C(=O)O)c1cccs1. The first-order chi connectivity index (χ1) is 7.65. The zero-order chi connectivity index (χ0) is 12.0. The molecule has 1 rings (SSSR count). The molecule has 2 amide bonds. The molecule has 1 aromatic heterocycles. The molecule has 0 radical (unpaired) electrons. The molecule has 6 heteroatoms. The van der Waals surface area contributed by atoms with E-state index in [4.69, 9.17) is 11.5 Å². The number of carboxylic acid groups (broad SMARTS) is 1. The number of terminal acetylenes is 1. The van der Waals surface area contributed by atoms with E-state index < -0.39 is 18.0 Å². The topological polar surface area (TPSA) is 78.4 Å². The number of aliphatic carboxylic acids is 1. The van der Waals surface area contributed by atoms with Gasteiger partial charge >= 0.3 is 12.0 Å². The first kappa shape index (κ1) is 12.1. The predicted octanol–water partition coefficient (Wildman–Crippen LogP) is 0.806. The molecule has 0 aliphatic rings. The third kappa shape index (κ3) is 3.29. The van der Waals surface area contributed by atoms with Gasteiger partial charge in [0.2, 0.25) is 0 Å². The minimum Gasteiger partial charge on any atom is -0.479 e. The largest absolute Gasteiger partial charge is 0.479 e. The van der Waals surface area contributed by atoms with Crippen LogP contribution in [0.5, 0.6) is 0 Å². The fourth-order valence-corrected chi connectivity index (χ4v) is 1.79. The van der Waals surface area contributed by atoms with Crippen LogP contribution in [0.1, 0.15) is 10.9 Å². The molecule has 16 heavy (non-hydrogen) atoms. The number of urea groups is 1. The molecule has 5 nitrogen and oxygen atoms in total. The quantitative estimate of drug-likeness (QED) is 0.679. The first-order valence-corrected chi connectivity index (χ1v) is 5.27. The number of nitrogens with one attached hydrogen (secondary N) is 2. The van der Waals surface area contributed by atoms with Crippen molar-refractivity contribution in [1.29, 1.82) is 0 Å². The van der Waals surface area contributed by atoms with Crippen LogP contribution in [0.15, 0.2) is 17.5 Å². The number of carboxylic acids is 1. The summed E-state index contributed by atoms with van der Waals surface area (Å²) in [6.45, 7) is 0.0581. The van der Waals surface area contributed by atoms with Crippen LogP contribution in [-0.2, 0) is 4.79 Å². The summed E-state index contributed by atoms with van der Waals surface area (Å²) in [6.07, 6.45) is 4.96. The second-order valence-corrected chi connectivity index (χ2v) is 3.80. The third-order valence-electron chi connectivity index (χ3n) is 1.70. The Morgan fingerprint density at radius 1 is 1.62 bits per heavy atom. The van der Waals surface area contributed by atoms with Crippen molar-refractivity contribution in [3.8, 4) is 12.3 Å². The number of hydrogen-bond acceptors (Lipinski definition) is 3. The van der Waals surface area contributed by atoms with Crippen molar-refractivity contribution in [1.82, 2.24) is 10.6 Å². The summed E-state index contributed by atoms with van der Waals surface area (Å²) in [6, 6.07) is 1.72. The number of thiophene rings is 1. The lowest BCUT2D eigenvalue weighted by Gasteiger charge is -2.12. The molecule has 3 N–H and O–H groups in total. The molecule has 1 atom stereocenters. The van der Waals surface area contributed by atoms with Crippen LogP contribution in [-0.4, -0.2) is 23.7 Å². The van der Waals surface area contributed by atoms with Gasteiger partial charge in [-0.15, -0.1) is 17.8 Å². The number of carbonyl (C=O) groups excluding carboxylic acids is 1. The van der Waals surface area contributed by atoms with Crippen LogP contribution in [0.3, 0.4) is 0 Å². The molecule has 0 saturated heterocycles. The van der Waals surface area contributed by atoms with Gasteiger partial charge < -0.3 is 15.7 Å². The van der Waals surface area contributed by atoms with E-state index in [0.29, 0.717) is 4.88 Å². The average molecular weight is 238 g/mol. The van der Waals surface area contributed by atoms with Crippen molar-refractivity contribution >= 4 is 23.3 Å². The van der Waals surface area contributed by atoms with Crippen molar-refractivity contribution in [2.45, 2.75) is 6.04 Å². The molecule has 1 aromatic rings. The lowest BCUT2D eigenvalue weighted by molar-refractivity contribution is -0.139. The van der Waals surface area contributed by atoms with Gasteiger partial charge in [-0.1, -0.05) is 12.0 Å². The van der Waals surface area contributed by atoms with Gasteiger partial charge in [0.1, 0.15) is 0 Å². The van der Waals surface area contributed by atoms with E-state index in [1.165, 1.54) is 11.3 Å². The maximum Gasteiger partial charge on any atom is 0.331 e. The van der Waals surface area contributed by atoms with E-state index in [1.54, 1.807) is 17.5 Å². The van der Waals surface area contributed by atoms with Gasteiger partial charge in [-0.05, 0) is 11.4 Å². The molecule has 84 valence electrons. The molecule has 1 unspecified atom stereocenters. The summed E-state index contributed by atoms with van der Waals surface area (Å²) in [5.74, 6) is 1.11. The van der Waals surface area contributed by atoms with Gasteiger partial charge in [0.05, 0.1) is 6.54 Å². The Kier molecular flexibility index (Phi) is 4.36. The summed E-state index contributed by atoms with van der Waals surface area (Å²) in [7, 11) is 0. The maximum absolute atomic E-state index is 11.2. The molecule has 0 aliphatic carbocycles. The van der Waals surface area contributed by atoms with E-state index in [-0.39, 0.29) is 6.54 Å². The highest BCUT2D eigenvalue weighted by atomic mass is 32.1.